The Morgan fingerprint density at radius 3 is 1.52 bits per heavy atom. The van der Waals surface area contributed by atoms with Gasteiger partial charge < -0.3 is 19.4 Å². The average Bonchev–Trinajstić information content (AvgIpc) is 3.33. The summed E-state index contributed by atoms with van der Waals surface area (Å²) in [4.78, 5) is 37.6. The van der Waals surface area contributed by atoms with Gasteiger partial charge in [-0.25, -0.2) is 4.57 Å². The van der Waals surface area contributed by atoms with Crippen LogP contribution in [-0.2, 0) is 27.9 Å². The van der Waals surface area contributed by atoms with Crippen molar-refractivity contribution < 1.29 is 37.3 Å². The summed E-state index contributed by atoms with van der Waals surface area (Å²) in [5, 5.41) is 3.01. The molecule has 71 heavy (non-hydrogen) atoms. The topological polar surface area (TPSA) is 111 Å². The van der Waals surface area contributed by atoms with Gasteiger partial charge in [0.2, 0.25) is 5.91 Å². The van der Waals surface area contributed by atoms with E-state index in [0.717, 1.165) is 89.9 Å². The van der Waals surface area contributed by atoms with Gasteiger partial charge in [0.15, 0.2) is 0 Å². The summed E-state index contributed by atoms with van der Waals surface area (Å²) in [6.07, 6.45) is 68.0. The van der Waals surface area contributed by atoms with Crippen molar-refractivity contribution in [2.45, 2.75) is 226 Å². The number of rotatable bonds is 49. The molecule has 0 bridgehead atoms. The Bertz CT molecular complexity index is 1580. The summed E-state index contributed by atoms with van der Waals surface area (Å²) < 4.78 is 30.6. The van der Waals surface area contributed by atoms with E-state index in [4.69, 9.17) is 13.8 Å². The van der Waals surface area contributed by atoms with Crippen molar-refractivity contribution in [1.29, 1.82) is 0 Å². The monoisotopic (exact) mass is 1010 g/mol. The van der Waals surface area contributed by atoms with Gasteiger partial charge in [-0.2, -0.15) is 0 Å². The predicted molar refractivity (Wildman–Crippen MR) is 304 cm³/mol. The van der Waals surface area contributed by atoms with Crippen molar-refractivity contribution in [2.75, 3.05) is 40.9 Å². The van der Waals surface area contributed by atoms with E-state index >= 15 is 0 Å². The molecule has 3 unspecified atom stereocenters. The molecule has 0 saturated heterocycles. The van der Waals surface area contributed by atoms with Gasteiger partial charge in [-0.3, -0.25) is 18.6 Å². The van der Waals surface area contributed by atoms with Gasteiger partial charge in [0.05, 0.1) is 33.8 Å². The Balaban J connectivity index is 5.51. The highest BCUT2D eigenvalue weighted by Crippen LogP contribution is 2.43. The van der Waals surface area contributed by atoms with E-state index in [2.05, 4.69) is 123 Å². The van der Waals surface area contributed by atoms with E-state index in [-0.39, 0.29) is 37.9 Å². The van der Waals surface area contributed by atoms with Crippen LogP contribution in [-0.4, -0.2) is 74.3 Å². The van der Waals surface area contributed by atoms with E-state index in [9.17, 15) is 19.0 Å². The zero-order chi connectivity index (χ0) is 52.2. The number of carbonyl (C=O) groups is 2. The quantitative estimate of drug-likeness (QED) is 0.0156. The Morgan fingerprint density at radius 2 is 0.986 bits per heavy atom. The molecule has 0 fully saturated rings. The van der Waals surface area contributed by atoms with Crippen molar-refractivity contribution in [3.05, 3.63) is 109 Å². The van der Waals surface area contributed by atoms with Crippen LogP contribution in [0.25, 0.3) is 0 Å². The van der Waals surface area contributed by atoms with E-state index in [1.54, 1.807) is 0 Å². The second kappa shape index (κ2) is 50.2. The van der Waals surface area contributed by atoms with E-state index in [1.165, 1.54) is 77.0 Å². The summed E-state index contributed by atoms with van der Waals surface area (Å²) in [7, 11) is 1.43. The molecule has 9 nitrogen and oxygen atoms in total. The Hall–Kier alpha value is -3.33. The normalized spacial score (nSPS) is 14.6. The molecular formula is C61H106N2O7P+. The maximum atomic E-state index is 13.5. The first kappa shape index (κ1) is 67.7. The molecule has 0 aliphatic carbocycles. The number of quaternary nitrogens is 1. The van der Waals surface area contributed by atoms with Gasteiger partial charge in [0, 0.05) is 12.8 Å². The maximum Gasteiger partial charge on any atom is 0.472 e. The molecule has 0 aliphatic heterocycles. The van der Waals surface area contributed by atoms with Crippen LogP contribution in [0, 0.1) is 0 Å². The maximum absolute atomic E-state index is 13.5. The molecule has 0 spiro atoms. The Morgan fingerprint density at radius 1 is 0.521 bits per heavy atom. The lowest BCUT2D eigenvalue weighted by atomic mass is 10.0. The Kier molecular flexibility index (Phi) is 47.9. The third-order valence-electron chi connectivity index (χ3n) is 11.8. The molecule has 10 heteroatoms. The minimum absolute atomic E-state index is 0.0218. The lowest BCUT2D eigenvalue weighted by Gasteiger charge is -2.27. The molecule has 0 radical (unpaired) electrons. The molecule has 1 amide bonds. The van der Waals surface area contributed by atoms with Gasteiger partial charge in [-0.1, -0.05) is 220 Å². The van der Waals surface area contributed by atoms with E-state index in [1.807, 2.05) is 33.3 Å². The highest BCUT2D eigenvalue weighted by Gasteiger charge is 2.30. The summed E-state index contributed by atoms with van der Waals surface area (Å²) in [6, 6.07) is -0.889. The fourth-order valence-electron chi connectivity index (χ4n) is 7.44. The minimum Gasteiger partial charge on any atom is -0.456 e. The van der Waals surface area contributed by atoms with Crippen LogP contribution in [0.3, 0.4) is 0 Å². The molecule has 3 atom stereocenters. The fourth-order valence-corrected chi connectivity index (χ4v) is 8.18. The molecule has 0 aromatic carbocycles. The van der Waals surface area contributed by atoms with Crippen LogP contribution in [0.1, 0.15) is 213 Å². The summed E-state index contributed by atoms with van der Waals surface area (Å²) >= 11 is 0. The first-order valence-electron chi connectivity index (χ1n) is 28.2. The first-order chi connectivity index (χ1) is 34.4. The fraction of sp³-hybridized carbons (Fsp3) is 0.672. The van der Waals surface area contributed by atoms with Crippen molar-refractivity contribution in [1.82, 2.24) is 5.32 Å². The number of allylic oxidation sites excluding steroid dienone is 17. The first-order valence-corrected chi connectivity index (χ1v) is 29.7. The van der Waals surface area contributed by atoms with Gasteiger partial charge >= 0.3 is 13.8 Å². The van der Waals surface area contributed by atoms with Crippen LogP contribution in [0.5, 0.6) is 0 Å². The SMILES string of the molecule is CC/C=C\C/C=C\C/C=C\C/C=C\C/C=C\CCCC(=O)NC(COP(=O)(O)OCC[N+](C)(C)C)C(/C=C/CCCCCCCCCCCCC)OC(=O)CCCCCCCCC/C=C/C=C/C=C/CC. The van der Waals surface area contributed by atoms with E-state index in [0.29, 0.717) is 23.9 Å². The number of nitrogens with one attached hydrogen (secondary N) is 1. The van der Waals surface area contributed by atoms with Crippen LogP contribution in [0.15, 0.2) is 109 Å². The smallest absolute Gasteiger partial charge is 0.456 e. The number of likely N-dealkylation sites (N-methyl/N-ethyl adjacent to an activating group) is 1. The molecule has 0 aromatic heterocycles. The van der Waals surface area contributed by atoms with Crippen molar-refractivity contribution in [3.63, 3.8) is 0 Å². The number of nitrogens with zero attached hydrogens (tertiary/aromatic N) is 1. The van der Waals surface area contributed by atoms with Gasteiger partial charge in [0.25, 0.3) is 0 Å². The van der Waals surface area contributed by atoms with Gasteiger partial charge in [-0.05, 0) is 89.5 Å². The number of unbranched alkanes of at least 4 members (excludes halogenated alkanes) is 19. The lowest BCUT2D eigenvalue weighted by molar-refractivity contribution is -0.870. The summed E-state index contributed by atoms with van der Waals surface area (Å²) in [5.41, 5.74) is 0. The van der Waals surface area contributed by atoms with Crippen LogP contribution in [0.4, 0.5) is 0 Å². The lowest BCUT2D eigenvalue weighted by Crippen LogP contribution is -2.47. The van der Waals surface area contributed by atoms with Gasteiger partial charge in [-0.15, -0.1) is 0 Å². The number of phosphoric ester groups is 1. The standard InChI is InChI=1S/C61H105N2O7P/c1-7-10-13-16-19-22-25-28-30-31-33-35-38-41-44-47-50-53-60(64)62-58(57-69-71(66,67)68-56-55-63(4,5)6)59(52-49-46-43-40-37-34-27-24-21-18-15-12-9-3)70-61(65)54-51-48-45-42-39-36-32-29-26-23-20-17-14-11-8-2/h10-11,13-14,17,19-20,22-23,26,28,30,33,35,41,44,49,52,58-59H,7-9,12,15-16,18,21,24-25,27,29,31-32,34,36-40,42-43,45-48,50-51,53-57H2,1-6H3,(H-,62,64,66,67)/p+1/b13-10-,14-11+,20-17+,22-19-,26-23+,30-28-,35-33-,44-41-,52-49+. The number of amides is 1. The average molecular weight is 1010 g/mol. The largest absolute Gasteiger partial charge is 0.472 e. The highest BCUT2D eigenvalue weighted by atomic mass is 31.2. The number of hydrogen-bond donors (Lipinski definition) is 2. The van der Waals surface area contributed by atoms with Crippen molar-refractivity contribution in [3.8, 4) is 0 Å². The van der Waals surface area contributed by atoms with Crippen LogP contribution in [0.2, 0.25) is 0 Å². The van der Waals surface area contributed by atoms with Crippen LogP contribution < -0.4 is 5.32 Å². The number of esters is 1. The second-order valence-corrected chi connectivity index (χ2v) is 21.2. The highest BCUT2D eigenvalue weighted by molar-refractivity contribution is 7.47. The second-order valence-electron chi connectivity index (χ2n) is 19.8. The third kappa shape index (κ3) is 51.4. The third-order valence-corrected chi connectivity index (χ3v) is 12.8. The molecule has 0 aliphatic rings. The molecule has 0 aromatic rings. The molecule has 0 heterocycles. The Labute approximate surface area is 436 Å². The molecular weight excluding hydrogens is 904 g/mol. The van der Waals surface area contributed by atoms with E-state index < -0.39 is 20.0 Å². The minimum atomic E-state index is -4.47. The zero-order valence-electron chi connectivity index (χ0n) is 46.2. The van der Waals surface area contributed by atoms with Crippen LogP contribution >= 0.6 is 7.82 Å². The van der Waals surface area contributed by atoms with Gasteiger partial charge in [0.1, 0.15) is 19.3 Å². The van der Waals surface area contributed by atoms with Crippen molar-refractivity contribution >= 4 is 19.7 Å². The summed E-state index contributed by atoms with van der Waals surface area (Å²) in [5.74, 6) is -0.596. The molecule has 0 rings (SSSR count). The molecule has 2 N–H and O–H groups in total. The predicted octanol–water partition coefficient (Wildman–Crippen LogP) is 17.0. The van der Waals surface area contributed by atoms with Crippen molar-refractivity contribution in [2.24, 2.45) is 0 Å². The molecule has 0 saturated carbocycles. The number of hydrogen-bond acceptors (Lipinski definition) is 6. The molecule has 406 valence electrons. The number of carbonyl (C=O) groups excluding carboxylic acids is 2. The summed E-state index contributed by atoms with van der Waals surface area (Å²) in [6.45, 7) is 6.69. The zero-order valence-corrected chi connectivity index (χ0v) is 47.1. The number of phosphoric acid groups is 1. The number of ether oxygens (including phenoxy) is 1.